The van der Waals surface area contributed by atoms with Crippen molar-refractivity contribution >= 4 is 17.8 Å². The number of hydrogen-bond acceptors (Lipinski definition) is 5. The minimum absolute atomic E-state index is 0.0932. The van der Waals surface area contributed by atoms with Gasteiger partial charge in [-0.2, -0.15) is 0 Å². The fraction of sp³-hybridized carbons (Fsp3) is 0.400. The first-order valence-corrected chi connectivity index (χ1v) is 9.65. The maximum atomic E-state index is 13.7. The maximum Gasteiger partial charge on any atom is 0.225 e. The second-order valence-corrected chi connectivity index (χ2v) is 6.61. The van der Waals surface area contributed by atoms with Gasteiger partial charge in [-0.05, 0) is 12.1 Å². The van der Waals surface area contributed by atoms with Crippen molar-refractivity contribution in [2.45, 2.75) is 13.0 Å². The maximum absolute atomic E-state index is 13.7. The minimum atomic E-state index is -0.259. The molecule has 1 aromatic carbocycles. The Balaban J connectivity index is 1.37. The zero-order valence-corrected chi connectivity index (χ0v) is 16.5. The largest absolute Gasteiger partial charge is 0.356 e. The number of benzene rings is 1. The SMILES string of the molecule is CN=C(NCCC(=O)N1CCN(c2ncccn2)CC1)NCc1ccccc1F. The molecule has 2 N–H and O–H groups in total. The summed E-state index contributed by atoms with van der Waals surface area (Å²) < 4.78 is 13.7. The van der Waals surface area contributed by atoms with Crippen molar-refractivity contribution in [2.75, 3.05) is 44.7 Å². The van der Waals surface area contributed by atoms with Crippen molar-refractivity contribution in [3.63, 3.8) is 0 Å². The number of halogens is 1. The normalized spacial score (nSPS) is 14.6. The second-order valence-electron chi connectivity index (χ2n) is 6.61. The third-order valence-corrected chi connectivity index (χ3v) is 4.73. The number of amides is 1. The number of carbonyl (C=O) groups excluding carboxylic acids is 1. The van der Waals surface area contributed by atoms with Crippen LogP contribution in [0.3, 0.4) is 0 Å². The summed E-state index contributed by atoms with van der Waals surface area (Å²) in [4.78, 5) is 29.0. The molecule has 8 nitrogen and oxygen atoms in total. The van der Waals surface area contributed by atoms with Crippen molar-refractivity contribution in [2.24, 2.45) is 4.99 Å². The summed E-state index contributed by atoms with van der Waals surface area (Å²) in [6.45, 7) is 3.51. The number of aromatic nitrogens is 2. The van der Waals surface area contributed by atoms with Gasteiger partial charge in [-0.1, -0.05) is 18.2 Å². The molecule has 9 heteroatoms. The van der Waals surface area contributed by atoms with E-state index in [-0.39, 0.29) is 11.7 Å². The number of piperazine rings is 1. The topological polar surface area (TPSA) is 85.8 Å². The average molecular weight is 399 g/mol. The number of nitrogens with one attached hydrogen (secondary N) is 2. The summed E-state index contributed by atoms with van der Waals surface area (Å²) in [5.41, 5.74) is 0.562. The van der Waals surface area contributed by atoms with E-state index in [1.807, 2.05) is 4.90 Å². The molecule has 0 bridgehead atoms. The lowest BCUT2D eigenvalue weighted by Gasteiger charge is -2.34. The predicted molar refractivity (Wildman–Crippen MR) is 110 cm³/mol. The van der Waals surface area contributed by atoms with Gasteiger partial charge in [-0.25, -0.2) is 14.4 Å². The molecule has 3 rings (SSSR count). The van der Waals surface area contributed by atoms with Gasteiger partial charge in [0.05, 0.1) is 0 Å². The molecule has 2 heterocycles. The van der Waals surface area contributed by atoms with Crippen LogP contribution >= 0.6 is 0 Å². The quantitative estimate of drug-likeness (QED) is 0.557. The van der Waals surface area contributed by atoms with Gasteiger partial charge in [-0.3, -0.25) is 9.79 Å². The van der Waals surface area contributed by atoms with Gasteiger partial charge in [0, 0.05) is 70.7 Å². The Morgan fingerprint density at radius 1 is 1.10 bits per heavy atom. The third kappa shape index (κ3) is 5.87. The molecule has 0 radical (unpaired) electrons. The summed E-state index contributed by atoms with van der Waals surface area (Å²) in [7, 11) is 1.64. The van der Waals surface area contributed by atoms with Crippen LogP contribution in [-0.2, 0) is 11.3 Å². The van der Waals surface area contributed by atoms with E-state index in [0.29, 0.717) is 50.1 Å². The van der Waals surface area contributed by atoms with Gasteiger partial charge in [0.1, 0.15) is 5.82 Å². The third-order valence-electron chi connectivity index (χ3n) is 4.73. The number of carbonyl (C=O) groups is 1. The molecular weight excluding hydrogens is 373 g/mol. The van der Waals surface area contributed by atoms with Crippen molar-refractivity contribution in [1.82, 2.24) is 25.5 Å². The molecule has 1 fully saturated rings. The highest BCUT2D eigenvalue weighted by atomic mass is 19.1. The number of aliphatic imine (C=N–C) groups is 1. The molecule has 0 saturated carbocycles. The number of rotatable bonds is 6. The Morgan fingerprint density at radius 3 is 2.52 bits per heavy atom. The van der Waals surface area contributed by atoms with E-state index >= 15 is 0 Å². The first-order chi connectivity index (χ1) is 14.2. The van der Waals surface area contributed by atoms with E-state index in [1.165, 1.54) is 6.07 Å². The molecule has 1 aromatic heterocycles. The number of nitrogens with zero attached hydrogens (tertiary/aromatic N) is 5. The van der Waals surface area contributed by atoms with Crippen LogP contribution < -0.4 is 15.5 Å². The molecule has 1 amide bonds. The van der Waals surface area contributed by atoms with E-state index < -0.39 is 0 Å². The molecule has 1 aliphatic heterocycles. The standard InChI is InChI=1S/C20H26FN7O/c1-22-19(26-15-16-5-2-3-6-17(16)21)23-10-7-18(29)27-11-13-28(14-12-27)20-24-8-4-9-25-20/h2-6,8-9H,7,10-15H2,1H3,(H2,22,23,26). The molecular formula is C20H26FN7O. The lowest BCUT2D eigenvalue weighted by atomic mass is 10.2. The van der Waals surface area contributed by atoms with Crippen LogP contribution in [0.5, 0.6) is 0 Å². The lowest BCUT2D eigenvalue weighted by Crippen LogP contribution is -2.50. The van der Waals surface area contributed by atoms with E-state index in [1.54, 1.807) is 43.7 Å². The summed E-state index contributed by atoms with van der Waals surface area (Å²) in [5, 5.41) is 6.16. The number of guanidine groups is 1. The second kappa shape index (κ2) is 10.4. The predicted octanol–water partition coefficient (Wildman–Crippen LogP) is 1.02. The summed E-state index contributed by atoms with van der Waals surface area (Å²) in [6.07, 6.45) is 3.81. The first-order valence-electron chi connectivity index (χ1n) is 9.65. The van der Waals surface area contributed by atoms with Crippen LogP contribution in [-0.4, -0.2) is 66.5 Å². The van der Waals surface area contributed by atoms with Crippen LogP contribution in [0.1, 0.15) is 12.0 Å². The smallest absolute Gasteiger partial charge is 0.225 e. The van der Waals surface area contributed by atoms with Gasteiger partial charge in [0.25, 0.3) is 0 Å². The summed E-state index contributed by atoms with van der Waals surface area (Å²) >= 11 is 0. The lowest BCUT2D eigenvalue weighted by molar-refractivity contribution is -0.131. The van der Waals surface area contributed by atoms with E-state index in [2.05, 4.69) is 30.5 Å². The van der Waals surface area contributed by atoms with Crippen LogP contribution in [0.15, 0.2) is 47.7 Å². The molecule has 2 aromatic rings. The molecule has 1 aliphatic rings. The van der Waals surface area contributed by atoms with Crippen molar-refractivity contribution < 1.29 is 9.18 Å². The van der Waals surface area contributed by atoms with E-state index in [0.717, 1.165) is 13.1 Å². The Kier molecular flexibility index (Phi) is 7.32. The minimum Gasteiger partial charge on any atom is -0.356 e. The zero-order chi connectivity index (χ0) is 20.5. The van der Waals surface area contributed by atoms with E-state index in [4.69, 9.17) is 0 Å². The van der Waals surface area contributed by atoms with Gasteiger partial charge in [0.2, 0.25) is 11.9 Å². The fourth-order valence-corrected chi connectivity index (χ4v) is 3.10. The highest BCUT2D eigenvalue weighted by molar-refractivity contribution is 5.81. The Labute approximate surface area is 169 Å². The Hall–Kier alpha value is -3.23. The summed E-state index contributed by atoms with van der Waals surface area (Å²) in [5.74, 6) is 1.07. The zero-order valence-electron chi connectivity index (χ0n) is 16.5. The van der Waals surface area contributed by atoms with Gasteiger partial charge in [0.15, 0.2) is 5.96 Å². The molecule has 0 unspecified atom stereocenters. The monoisotopic (exact) mass is 399 g/mol. The number of anilines is 1. The fourth-order valence-electron chi connectivity index (χ4n) is 3.10. The molecule has 0 spiro atoms. The molecule has 0 atom stereocenters. The van der Waals surface area contributed by atoms with Crippen LogP contribution in [0.2, 0.25) is 0 Å². The highest BCUT2D eigenvalue weighted by Gasteiger charge is 2.22. The van der Waals surface area contributed by atoms with Crippen LogP contribution in [0.4, 0.5) is 10.3 Å². The van der Waals surface area contributed by atoms with Gasteiger partial charge >= 0.3 is 0 Å². The highest BCUT2D eigenvalue weighted by Crippen LogP contribution is 2.10. The average Bonchev–Trinajstić information content (AvgIpc) is 2.77. The number of hydrogen-bond donors (Lipinski definition) is 2. The molecule has 0 aliphatic carbocycles. The van der Waals surface area contributed by atoms with Crippen LogP contribution in [0.25, 0.3) is 0 Å². The summed E-state index contributed by atoms with van der Waals surface area (Å²) in [6, 6.07) is 8.38. The first kappa shape index (κ1) is 20.5. The van der Waals surface area contributed by atoms with Gasteiger partial charge in [-0.15, -0.1) is 0 Å². The van der Waals surface area contributed by atoms with Crippen molar-refractivity contribution in [3.8, 4) is 0 Å². The molecule has 1 saturated heterocycles. The van der Waals surface area contributed by atoms with E-state index in [9.17, 15) is 9.18 Å². The van der Waals surface area contributed by atoms with Crippen LogP contribution in [0, 0.1) is 5.82 Å². The molecule has 154 valence electrons. The Bertz CT molecular complexity index is 823. The Morgan fingerprint density at radius 2 is 1.83 bits per heavy atom. The van der Waals surface area contributed by atoms with Gasteiger partial charge < -0.3 is 20.4 Å². The van der Waals surface area contributed by atoms with Crippen molar-refractivity contribution in [3.05, 3.63) is 54.1 Å². The van der Waals surface area contributed by atoms with Crippen molar-refractivity contribution in [1.29, 1.82) is 0 Å². The molecule has 29 heavy (non-hydrogen) atoms.